The molecule has 4 amide bonds. The standard InChI is InChI=1S/C17H14ClN3O3/c18-11-6-8-13(9-7-11)21-16(23)14(10-19-17(21)24)15(22)20-12-4-2-1-3-5-12/h1-9,14H,10H2,(H,19,24)(H,20,22). The van der Waals surface area contributed by atoms with Gasteiger partial charge in [0.15, 0.2) is 0 Å². The third-order valence-electron chi connectivity index (χ3n) is 3.62. The Hall–Kier alpha value is -2.86. The molecule has 24 heavy (non-hydrogen) atoms. The van der Waals surface area contributed by atoms with Crippen molar-refractivity contribution in [3.05, 3.63) is 59.6 Å². The molecule has 1 unspecified atom stereocenters. The van der Waals surface area contributed by atoms with Crippen LogP contribution in [0.3, 0.4) is 0 Å². The third-order valence-corrected chi connectivity index (χ3v) is 3.87. The first-order valence-corrected chi connectivity index (χ1v) is 7.67. The van der Waals surface area contributed by atoms with Gasteiger partial charge in [-0.25, -0.2) is 9.69 Å². The van der Waals surface area contributed by atoms with Gasteiger partial charge in [-0.1, -0.05) is 29.8 Å². The van der Waals surface area contributed by atoms with Crippen LogP contribution in [0.15, 0.2) is 54.6 Å². The van der Waals surface area contributed by atoms with Gasteiger partial charge in [0.05, 0.1) is 5.69 Å². The number of amides is 4. The molecule has 122 valence electrons. The summed E-state index contributed by atoms with van der Waals surface area (Å²) in [5.41, 5.74) is 0.948. The maximum Gasteiger partial charge on any atom is 0.328 e. The highest BCUT2D eigenvalue weighted by atomic mass is 35.5. The quantitative estimate of drug-likeness (QED) is 0.841. The van der Waals surface area contributed by atoms with E-state index in [1.54, 1.807) is 48.5 Å². The minimum absolute atomic E-state index is 0.0412. The Morgan fingerprint density at radius 2 is 1.75 bits per heavy atom. The largest absolute Gasteiger partial charge is 0.336 e. The van der Waals surface area contributed by atoms with Crippen LogP contribution < -0.4 is 15.5 Å². The maximum atomic E-state index is 12.6. The van der Waals surface area contributed by atoms with Crippen molar-refractivity contribution in [3.63, 3.8) is 0 Å². The molecule has 0 saturated carbocycles. The SMILES string of the molecule is O=C(Nc1ccccc1)C1CNC(=O)N(c2ccc(Cl)cc2)C1=O. The number of benzene rings is 2. The molecule has 1 atom stereocenters. The normalized spacial score (nSPS) is 17.4. The van der Waals surface area contributed by atoms with Gasteiger partial charge in [-0.2, -0.15) is 0 Å². The van der Waals surface area contributed by atoms with Crippen molar-refractivity contribution >= 4 is 40.8 Å². The van der Waals surface area contributed by atoms with Crippen LogP contribution in [0.2, 0.25) is 5.02 Å². The summed E-state index contributed by atoms with van der Waals surface area (Å²) in [7, 11) is 0. The van der Waals surface area contributed by atoms with Crippen molar-refractivity contribution in [1.29, 1.82) is 0 Å². The maximum absolute atomic E-state index is 12.6. The molecule has 1 aliphatic heterocycles. The number of halogens is 1. The number of rotatable bonds is 3. The lowest BCUT2D eigenvalue weighted by atomic mass is 10.0. The lowest BCUT2D eigenvalue weighted by Crippen LogP contribution is -2.58. The number of nitrogens with one attached hydrogen (secondary N) is 2. The van der Waals surface area contributed by atoms with Crippen molar-refractivity contribution in [1.82, 2.24) is 5.32 Å². The van der Waals surface area contributed by atoms with E-state index in [-0.39, 0.29) is 6.54 Å². The van der Waals surface area contributed by atoms with Crippen LogP contribution in [-0.4, -0.2) is 24.4 Å². The Kier molecular flexibility index (Phi) is 4.48. The average molecular weight is 344 g/mol. The van der Waals surface area contributed by atoms with Gasteiger partial charge in [0.1, 0.15) is 5.92 Å². The molecule has 6 nitrogen and oxygen atoms in total. The second kappa shape index (κ2) is 6.72. The predicted octanol–water partition coefficient (Wildman–Crippen LogP) is 2.65. The van der Waals surface area contributed by atoms with Crippen molar-refractivity contribution < 1.29 is 14.4 Å². The zero-order valence-corrected chi connectivity index (χ0v) is 13.3. The molecule has 3 rings (SSSR count). The van der Waals surface area contributed by atoms with Crippen LogP contribution in [0, 0.1) is 5.92 Å². The van der Waals surface area contributed by atoms with Crippen molar-refractivity contribution in [2.45, 2.75) is 0 Å². The van der Waals surface area contributed by atoms with Crippen LogP contribution in [0.1, 0.15) is 0 Å². The summed E-state index contributed by atoms with van der Waals surface area (Å²) in [6, 6.07) is 14.5. The fourth-order valence-electron chi connectivity index (χ4n) is 2.40. The first-order chi connectivity index (χ1) is 11.6. The molecule has 1 heterocycles. The number of hydrogen-bond acceptors (Lipinski definition) is 3. The monoisotopic (exact) mass is 343 g/mol. The van der Waals surface area contributed by atoms with Crippen LogP contribution >= 0.6 is 11.6 Å². The summed E-state index contributed by atoms with van der Waals surface area (Å²) < 4.78 is 0. The topological polar surface area (TPSA) is 78.5 Å². The number of para-hydroxylation sites is 1. The number of carbonyl (C=O) groups is 3. The molecule has 1 aliphatic rings. The first-order valence-electron chi connectivity index (χ1n) is 7.29. The summed E-state index contributed by atoms with van der Waals surface area (Å²) in [4.78, 5) is 38.0. The molecule has 7 heteroatoms. The highest BCUT2D eigenvalue weighted by Gasteiger charge is 2.39. The predicted molar refractivity (Wildman–Crippen MR) is 90.9 cm³/mol. The van der Waals surface area contributed by atoms with Gasteiger partial charge in [-0.15, -0.1) is 0 Å². The summed E-state index contributed by atoms with van der Waals surface area (Å²) in [5, 5.41) is 5.73. The van der Waals surface area contributed by atoms with E-state index >= 15 is 0 Å². The zero-order valence-electron chi connectivity index (χ0n) is 12.5. The summed E-state index contributed by atoms with van der Waals surface area (Å²) >= 11 is 5.82. The van der Waals surface area contributed by atoms with Crippen LogP contribution in [-0.2, 0) is 9.59 Å². The Balaban J connectivity index is 1.80. The number of carbonyl (C=O) groups excluding carboxylic acids is 3. The number of urea groups is 1. The van der Waals surface area contributed by atoms with Crippen LogP contribution in [0.25, 0.3) is 0 Å². The Bertz CT molecular complexity index is 777. The average Bonchev–Trinajstić information content (AvgIpc) is 2.57. The van der Waals surface area contributed by atoms with Gasteiger partial charge in [0, 0.05) is 17.3 Å². The van der Waals surface area contributed by atoms with Gasteiger partial charge < -0.3 is 10.6 Å². The molecule has 0 aromatic heterocycles. The van der Waals surface area contributed by atoms with E-state index in [1.807, 2.05) is 6.07 Å². The minimum Gasteiger partial charge on any atom is -0.336 e. The molecule has 1 fully saturated rings. The molecule has 2 aromatic rings. The van der Waals surface area contributed by atoms with Gasteiger partial charge in [0.25, 0.3) is 0 Å². The smallest absolute Gasteiger partial charge is 0.328 e. The van der Waals surface area contributed by atoms with Crippen molar-refractivity contribution in [3.8, 4) is 0 Å². The van der Waals surface area contributed by atoms with E-state index in [0.717, 1.165) is 4.90 Å². The van der Waals surface area contributed by atoms with E-state index in [4.69, 9.17) is 11.6 Å². The number of anilines is 2. The second-order valence-electron chi connectivity index (χ2n) is 5.24. The van der Waals surface area contributed by atoms with Crippen molar-refractivity contribution in [2.24, 2.45) is 5.92 Å². The highest BCUT2D eigenvalue weighted by Crippen LogP contribution is 2.23. The number of hydrogen-bond donors (Lipinski definition) is 2. The van der Waals surface area contributed by atoms with Gasteiger partial charge >= 0.3 is 6.03 Å². The third kappa shape index (κ3) is 3.23. The molecular formula is C17H14ClN3O3. The molecule has 1 saturated heterocycles. The number of nitrogens with zero attached hydrogens (tertiary/aromatic N) is 1. The van der Waals surface area contributed by atoms with E-state index < -0.39 is 23.8 Å². The molecule has 0 aliphatic carbocycles. The second-order valence-corrected chi connectivity index (χ2v) is 5.68. The van der Waals surface area contributed by atoms with Crippen LogP contribution in [0.5, 0.6) is 0 Å². The highest BCUT2D eigenvalue weighted by molar-refractivity contribution is 6.30. The summed E-state index contributed by atoms with van der Waals surface area (Å²) in [6.07, 6.45) is 0. The number of imide groups is 1. The Morgan fingerprint density at radius 1 is 1.08 bits per heavy atom. The Labute approximate surface area is 143 Å². The van der Waals surface area contributed by atoms with E-state index in [2.05, 4.69) is 10.6 Å². The van der Waals surface area contributed by atoms with Gasteiger partial charge in [-0.05, 0) is 36.4 Å². The van der Waals surface area contributed by atoms with Crippen LogP contribution in [0.4, 0.5) is 16.2 Å². The zero-order chi connectivity index (χ0) is 17.1. The Morgan fingerprint density at radius 3 is 2.42 bits per heavy atom. The minimum atomic E-state index is -1.00. The van der Waals surface area contributed by atoms with Gasteiger partial charge in [0.2, 0.25) is 11.8 Å². The molecule has 0 bridgehead atoms. The van der Waals surface area contributed by atoms with E-state index in [9.17, 15) is 14.4 Å². The molecule has 2 aromatic carbocycles. The molecule has 2 N–H and O–H groups in total. The fraction of sp³-hybridized carbons (Fsp3) is 0.118. The first kappa shape index (κ1) is 16.0. The van der Waals surface area contributed by atoms with Crippen molar-refractivity contribution in [2.75, 3.05) is 16.8 Å². The molecular weight excluding hydrogens is 330 g/mol. The fourth-order valence-corrected chi connectivity index (χ4v) is 2.53. The summed E-state index contributed by atoms with van der Waals surface area (Å²) in [5.74, 6) is -2.04. The summed E-state index contributed by atoms with van der Waals surface area (Å²) in [6.45, 7) is -0.0412. The molecule has 0 radical (unpaired) electrons. The van der Waals surface area contributed by atoms with Gasteiger partial charge in [-0.3, -0.25) is 9.59 Å². The lowest BCUT2D eigenvalue weighted by Gasteiger charge is -2.30. The molecule has 0 spiro atoms. The van der Waals surface area contributed by atoms with E-state index in [0.29, 0.717) is 16.4 Å². The lowest BCUT2D eigenvalue weighted by molar-refractivity contribution is -0.130. The van der Waals surface area contributed by atoms with E-state index in [1.165, 1.54) is 0 Å².